The highest BCUT2D eigenvalue weighted by atomic mass is 19.1. The third-order valence-electron chi connectivity index (χ3n) is 2.94. The number of benzene rings is 1. The van der Waals surface area contributed by atoms with Gasteiger partial charge in [0.1, 0.15) is 5.82 Å². The van der Waals surface area contributed by atoms with Crippen molar-refractivity contribution >= 4 is 0 Å². The zero-order valence-electron chi connectivity index (χ0n) is 11.7. The summed E-state index contributed by atoms with van der Waals surface area (Å²) >= 11 is 0. The fourth-order valence-corrected chi connectivity index (χ4v) is 1.39. The molecule has 1 atom stereocenters. The molecular weight excluding hydrogens is 243 g/mol. The molecule has 0 heterocycles. The summed E-state index contributed by atoms with van der Waals surface area (Å²) in [4.78, 5) is 0. The maximum absolute atomic E-state index is 13.5. The molecule has 0 spiro atoms. The summed E-state index contributed by atoms with van der Waals surface area (Å²) in [5.74, 6) is 5.55. The van der Waals surface area contributed by atoms with Gasteiger partial charge in [-0.15, -0.1) is 0 Å². The highest BCUT2D eigenvalue weighted by Gasteiger charge is 2.08. The number of hydrogen-bond donors (Lipinski definition) is 1. The van der Waals surface area contributed by atoms with E-state index in [-0.39, 0.29) is 18.5 Å². The van der Waals surface area contributed by atoms with Crippen LogP contribution in [0.2, 0.25) is 0 Å². The Morgan fingerprint density at radius 1 is 1.32 bits per heavy atom. The van der Waals surface area contributed by atoms with Crippen molar-refractivity contribution in [1.82, 2.24) is 0 Å². The van der Waals surface area contributed by atoms with Crippen molar-refractivity contribution in [1.29, 1.82) is 0 Å². The summed E-state index contributed by atoms with van der Waals surface area (Å²) in [7, 11) is 0. The van der Waals surface area contributed by atoms with Crippen molar-refractivity contribution in [2.75, 3.05) is 6.61 Å². The number of aliphatic hydroxyl groups excluding tert-OH is 1. The lowest BCUT2D eigenvalue weighted by Crippen LogP contribution is -2.15. The summed E-state index contributed by atoms with van der Waals surface area (Å²) in [6, 6.07) is 4.81. The van der Waals surface area contributed by atoms with E-state index < -0.39 is 0 Å². The van der Waals surface area contributed by atoms with Gasteiger partial charge in [0, 0.05) is 6.42 Å². The van der Waals surface area contributed by atoms with Crippen molar-refractivity contribution < 1.29 is 14.2 Å². The van der Waals surface area contributed by atoms with Crippen molar-refractivity contribution in [3.8, 4) is 11.8 Å². The molecule has 1 N–H and O–H groups in total. The summed E-state index contributed by atoms with van der Waals surface area (Å²) in [6.45, 7) is 6.66. The molecule has 1 aromatic rings. The van der Waals surface area contributed by atoms with Gasteiger partial charge in [-0.1, -0.05) is 31.8 Å². The van der Waals surface area contributed by atoms with Crippen LogP contribution in [-0.4, -0.2) is 17.8 Å². The molecule has 3 heteroatoms. The van der Waals surface area contributed by atoms with E-state index in [1.54, 1.807) is 12.1 Å². The molecule has 2 nitrogen and oxygen atoms in total. The first kappa shape index (κ1) is 15.7. The average molecular weight is 264 g/mol. The fourth-order valence-electron chi connectivity index (χ4n) is 1.39. The smallest absolute Gasteiger partial charge is 0.138 e. The van der Waals surface area contributed by atoms with Crippen LogP contribution in [0, 0.1) is 23.6 Å². The number of hydrogen-bond acceptors (Lipinski definition) is 2. The molecule has 0 aliphatic carbocycles. The Morgan fingerprint density at radius 3 is 2.68 bits per heavy atom. The maximum Gasteiger partial charge on any atom is 0.138 e. The fraction of sp³-hybridized carbons (Fsp3) is 0.500. The molecule has 0 aromatic heterocycles. The van der Waals surface area contributed by atoms with Gasteiger partial charge in [-0.05, 0) is 30.5 Å². The average Bonchev–Trinajstić information content (AvgIpc) is 2.39. The van der Waals surface area contributed by atoms with Gasteiger partial charge in [0.15, 0.2) is 0 Å². The molecule has 1 unspecified atom stereocenters. The third-order valence-corrected chi connectivity index (χ3v) is 2.94. The molecule has 1 rings (SSSR count). The molecule has 0 saturated carbocycles. The normalized spacial score (nSPS) is 12.1. The van der Waals surface area contributed by atoms with Gasteiger partial charge in [0.25, 0.3) is 0 Å². The van der Waals surface area contributed by atoms with Gasteiger partial charge in [-0.2, -0.15) is 0 Å². The Bertz CT molecular complexity index is 458. The van der Waals surface area contributed by atoms with E-state index in [0.29, 0.717) is 24.5 Å². The second kappa shape index (κ2) is 7.93. The van der Waals surface area contributed by atoms with E-state index in [2.05, 4.69) is 25.7 Å². The van der Waals surface area contributed by atoms with Gasteiger partial charge in [0.05, 0.1) is 24.9 Å². The van der Waals surface area contributed by atoms with Crippen LogP contribution in [0.4, 0.5) is 4.39 Å². The highest BCUT2D eigenvalue weighted by Crippen LogP contribution is 2.13. The Labute approximate surface area is 114 Å². The minimum Gasteiger partial charge on any atom is -0.395 e. The molecule has 104 valence electrons. The maximum atomic E-state index is 13.5. The Balaban J connectivity index is 2.71. The van der Waals surface area contributed by atoms with Crippen molar-refractivity contribution in [3.05, 3.63) is 35.1 Å². The minimum atomic E-state index is -0.342. The van der Waals surface area contributed by atoms with E-state index in [1.807, 2.05) is 6.92 Å². The zero-order chi connectivity index (χ0) is 14.3. The molecule has 1 aromatic carbocycles. The van der Waals surface area contributed by atoms with E-state index in [1.165, 1.54) is 6.07 Å². The van der Waals surface area contributed by atoms with Gasteiger partial charge in [0.2, 0.25) is 0 Å². The predicted molar refractivity (Wildman–Crippen MR) is 74.1 cm³/mol. The van der Waals surface area contributed by atoms with Crippen LogP contribution in [0.5, 0.6) is 0 Å². The lowest BCUT2D eigenvalue weighted by molar-refractivity contribution is 0.0235. The minimum absolute atomic E-state index is 0.0106. The first-order valence-electron chi connectivity index (χ1n) is 6.54. The number of rotatable bonds is 5. The quantitative estimate of drug-likeness (QED) is 0.828. The van der Waals surface area contributed by atoms with Gasteiger partial charge in [-0.25, -0.2) is 4.39 Å². The molecular formula is C16H21FO2. The van der Waals surface area contributed by atoms with Crippen molar-refractivity contribution in [2.45, 2.75) is 39.9 Å². The van der Waals surface area contributed by atoms with E-state index in [4.69, 9.17) is 9.84 Å². The van der Waals surface area contributed by atoms with Crippen LogP contribution in [0.3, 0.4) is 0 Å². The van der Waals surface area contributed by atoms with Crippen LogP contribution in [-0.2, 0) is 11.3 Å². The van der Waals surface area contributed by atoms with Crippen LogP contribution in [0.15, 0.2) is 18.2 Å². The summed E-state index contributed by atoms with van der Waals surface area (Å²) < 4.78 is 19.2. The molecule has 0 amide bonds. The van der Waals surface area contributed by atoms with Gasteiger partial charge < -0.3 is 9.84 Å². The van der Waals surface area contributed by atoms with Crippen molar-refractivity contribution in [3.63, 3.8) is 0 Å². The first-order valence-corrected chi connectivity index (χ1v) is 6.54. The van der Waals surface area contributed by atoms with Crippen molar-refractivity contribution in [2.24, 2.45) is 5.92 Å². The Hall–Kier alpha value is -1.37. The lowest BCUT2D eigenvalue weighted by Gasteiger charge is -2.16. The van der Waals surface area contributed by atoms with Crippen LogP contribution in [0.1, 0.15) is 38.3 Å². The lowest BCUT2D eigenvalue weighted by atomic mass is 10.1. The molecule has 0 fully saturated rings. The van der Waals surface area contributed by atoms with E-state index >= 15 is 0 Å². The number of aliphatic hydroxyl groups is 1. The van der Waals surface area contributed by atoms with Crippen LogP contribution < -0.4 is 0 Å². The Morgan fingerprint density at radius 2 is 2.05 bits per heavy atom. The van der Waals surface area contributed by atoms with Gasteiger partial charge >= 0.3 is 0 Å². The van der Waals surface area contributed by atoms with Crippen LogP contribution >= 0.6 is 0 Å². The topological polar surface area (TPSA) is 29.5 Å². The molecule has 0 saturated heterocycles. The van der Waals surface area contributed by atoms with Gasteiger partial charge in [-0.3, -0.25) is 0 Å². The SMILES string of the molecule is CC(C)C(C)OCc1ccc(F)c(C#CCCO)c1. The van der Waals surface area contributed by atoms with E-state index in [9.17, 15) is 4.39 Å². The van der Waals surface area contributed by atoms with Crippen LogP contribution in [0.25, 0.3) is 0 Å². The van der Waals surface area contributed by atoms with E-state index in [0.717, 1.165) is 5.56 Å². The molecule has 0 radical (unpaired) electrons. The molecule has 19 heavy (non-hydrogen) atoms. The number of halogens is 1. The standard InChI is InChI=1S/C16H21FO2/c1-12(2)13(3)19-11-14-7-8-16(17)15(10-14)6-4-5-9-18/h7-8,10,12-13,18H,5,9,11H2,1-3H3. The summed E-state index contributed by atoms with van der Waals surface area (Å²) in [5.41, 5.74) is 1.26. The monoisotopic (exact) mass is 264 g/mol. The molecule has 0 bridgehead atoms. The number of ether oxygens (including phenoxy) is 1. The second-order valence-electron chi connectivity index (χ2n) is 4.85. The second-order valence-corrected chi connectivity index (χ2v) is 4.85. The summed E-state index contributed by atoms with van der Waals surface area (Å²) in [5, 5.41) is 8.65. The third kappa shape index (κ3) is 5.42. The molecule has 0 aliphatic rings. The highest BCUT2D eigenvalue weighted by molar-refractivity contribution is 5.38. The summed E-state index contributed by atoms with van der Waals surface area (Å²) in [6.07, 6.45) is 0.513. The Kier molecular flexibility index (Phi) is 6.55. The zero-order valence-corrected chi connectivity index (χ0v) is 11.7. The predicted octanol–water partition coefficient (Wildman–Crippen LogP) is 3.12. The largest absolute Gasteiger partial charge is 0.395 e. The first-order chi connectivity index (χ1) is 9.04. The molecule has 0 aliphatic heterocycles.